The first-order valence-corrected chi connectivity index (χ1v) is 12.9. The van der Waals surface area contributed by atoms with Gasteiger partial charge in [0.15, 0.2) is 0 Å². The zero-order valence-electron chi connectivity index (χ0n) is 20.5. The van der Waals surface area contributed by atoms with Crippen LogP contribution in [0.5, 0.6) is 0 Å². The molecule has 1 nitrogen and oxygen atoms in total. The highest BCUT2D eigenvalue weighted by Gasteiger charge is 2.56. The lowest BCUT2D eigenvalue weighted by atomic mass is 9.50. The summed E-state index contributed by atoms with van der Waals surface area (Å²) in [5.74, 6) is 3.90. The summed E-state index contributed by atoms with van der Waals surface area (Å²) in [6.07, 6.45) is 18.5. The van der Waals surface area contributed by atoms with Gasteiger partial charge in [0.25, 0.3) is 0 Å². The average molecular weight is 411 g/mol. The summed E-state index contributed by atoms with van der Waals surface area (Å²) in [5.41, 5.74) is 5.77. The molecule has 0 heterocycles. The van der Waals surface area contributed by atoms with Crippen LogP contribution in [0.1, 0.15) is 99.3 Å². The van der Waals surface area contributed by atoms with E-state index in [0.717, 1.165) is 36.5 Å². The van der Waals surface area contributed by atoms with E-state index in [1.807, 2.05) is 0 Å². The van der Waals surface area contributed by atoms with Crippen LogP contribution in [-0.2, 0) is 0 Å². The van der Waals surface area contributed by atoms with Crippen molar-refractivity contribution < 1.29 is 5.11 Å². The van der Waals surface area contributed by atoms with E-state index >= 15 is 0 Å². The van der Waals surface area contributed by atoms with Crippen molar-refractivity contribution in [1.29, 1.82) is 0 Å². The highest BCUT2D eigenvalue weighted by atomic mass is 16.3. The lowest BCUT2D eigenvalue weighted by Gasteiger charge is -2.55. The number of hydrogen-bond acceptors (Lipinski definition) is 1. The molecular formula is C29H46O. The monoisotopic (exact) mass is 410 g/mol. The number of fused-ring (bicyclic) bond motifs is 5. The Kier molecular flexibility index (Phi) is 6.17. The fourth-order valence-corrected chi connectivity index (χ4v) is 8.32. The molecule has 7 atom stereocenters. The third kappa shape index (κ3) is 3.58. The van der Waals surface area contributed by atoms with Crippen molar-refractivity contribution in [2.75, 3.05) is 0 Å². The summed E-state index contributed by atoms with van der Waals surface area (Å²) in [5, 5.41) is 10.2. The fourth-order valence-electron chi connectivity index (χ4n) is 8.32. The minimum absolute atomic E-state index is 0.113. The molecule has 4 aliphatic carbocycles. The van der Waals surface area contributed by atoms with E-state index in [4.69, 9.17) is 0 Å². The summed E-state index contributed by atoms with van der Waals surface area (Å²) in [6.45, 7) is 14.6. The summed E-state index contributed by atoms with van der Waals surface area (Å²) in [6, 6.07) is 0. The van der Waals surface area contributed by atoms with E-state index in [2.05, 4.69) is 59.8 Å². The van der Waals surface area contributed by atoms with Crippen LogP contribution in [0.15, 0.2) is 34.9 Å². The van der Waals surface area contributed by atoms with Crippen molar-refractivity contribution in [3.63, 3.8) is 0 Å². The molecule has 0 bridgehead atoms. The van der Waals surface area contributed by atoms with Gasteiger partial charge in [0.05, 0.1) is 6.10 Å². The first-order valence-electron chi connectivity index (χ1n) is 12.9. The standard InChI is InChI=1S/C29H46O/c1-7-21(19(2)3)9-8-20(4)25-12-13-26-24-11-10-22-18-23(30)14-16-28(22,5)27(24)15-17-29(25,26)6/h7,10-11,19-20,23,25-27,30H,8-9,12-18H2,1-6H3/t20-,23?,25-,26+,27+,28+,29-/m1/s1. The van der Waals surface area contributed by atoms with Crippen LogP contribution in [0.2, 0.25) is 0 Å². The highest BCUT2D eigenvalue weighted by Crippen LogP contribution is 2.66. The fraction of sp³-hybridized carbons (Fsp3) is 0.793. The molecule has 4 aliphatic rings. The van der Waals surface area contributed by atoms with Crippen molar-refractivity contribution in [1.82, 2.24) is 0 Å². The van der Waals surface area contributed by atoms with Gasteiger partial charge in [0, 0.05) is 0 Å². The summed E-state index contributed by atoms with van der Waals surface area (Å²) in [4.78, 5) is 0. The van der Waals surface area contributed by atoms with E-state index in [9.17, 15) is 5.11 Å². The van der Waals surface area contributed by atoms with E-state index < -0.39 is 0 Å². The molecule has 3 saturated carbocycles. The molecule has 0 saturated heterocycles. The van der Waals surface area contributed by atoms with Crippen LogP contribution in [0.25, 0.3) is 0 Å². The Balaban J connectivity index is 1.52. The molecule has 0 aromatic rings. The highest BCUT2D eigenvalue weighted by molar-refractivity contribution is 5.38. The summed E-state index contributed by atoms with van der Waals surface area (Å²) >= 11 is 0. The van der Waals surface area contributed by atoms with Gasteiger partial charge in [0.2, 0.25) is 0 Å². The second kappa shape index (κ2) is 8.27. The van der Waals surface area contributed by atoms with Crippen LogP contribution < -0.4 is 0 Å². The van der Waals surface area contributed by atoms with Gasteiger partial charge in [-0.3, -0.25) is 0 Å². The zero-order valence-corrected chi connectivity index (χ0v) is 20.5. The predicted molar refractivity (Wildman–Crippen MR) is 128 cm³/mol. The quantitative estimate of drug-likeness (QED) is 0.457. The van der Waals surface area contributed by atoms with Crippen LogP contribution >= 0.6 is 0 Å². The van der Waals surface area contributed by atoms with Crippen molar-refractivity contribution in [3.8, 4) is 0 Å². The average Bonchev–Trinajstić information content (AvgIpc) is 3.06. The maximum Gasteiger partial charge on any atom is 0.0578 e. The van der Waals surface area contributed by atoms with E-state index in [0.29, 0.717) is 16.7 Å². The minimum Gasteiger partial charge on any atom is -0.393 e. The normalized spacial score (nSPS) is 42.2. The maximum atomic E-state index is 10.2. The van der Waals surface area contributed by atoms with Gasteiger partial charge in [0.1, 0.15) is 0 Å². The molecule has 0 spiro atoms. The van der Waals surface area contributed by atoms with E-state index in [1.54, 1.807) is 11.1 Å². The number of aliphatic hydroxyl groups is 1. The molecule has 0 aromatic heterocycles. The molecule has 0 radical (unpaired) electrons. The van der Waals surface area contributed by atoms with Gasteiger partial charge >= 0.3 is 0 Å². The van der Waals surface area contributed by atoms with Gasteiger partial charge in [-0.25, -0.2) is 0 Å². The lowest BCUT2D eigenvalue weighted by Crippen LogP contribution is -2.46. The number of allylic oxidation sites excluding steroid dienone is 5. The van der Waals surface area contributed by atoms with Gasteiger partial charge in [-0.05, 0) is 105 Å². The van der Waals surface area contributed by atoms with Crippen LogP contribution in [0.4, 0.5) is 0 Å². The van der Waals surface area contributed by atoms with Crippen molar-refractivity contribution in [2.45, 2.75) is 105 Å². The Labute approximate surface area is 186 Å². The van der Waals surface area contributed by atoms with Gasteiger partial charge in [-0.1, -0.05) is 69.6 Å². The molecule has 0 amide bonds. The largest absolute Gasteiger partial charge is 0.393 e. The summed E-state index contributed by atoms with van der Waals surface area (Å²) in [7, 11) is 0. The second-order valence-electron chi connectivity index (χ2n) is 12.0. The smallest absolute Gasteiger partial charge is 0.0578 e. The molecule has 0 aliphatic heterocycles. The Hall–Kier alpha value is -0.820. The van der Waals surface area contributed by atoms with Gasteiger partial charge < -0.3 is 5.11 Å². The Morgan fingerprint density at radius 2 is 1.83 bits per heavy atom. The predicted octanol–water partition coefficient (Wildman–Crippen LogP) is 7.87. The summed E-state index contributed by atoms with van der Waals surface area (Å²) < 4.78 is 0. The topological polar surface area (TPSA) is 20.2 Å². The molecule has 30 heavy (non-hydrogen) atoms. The molecule has 0 aromatic carbocycles. The number of hydrogen-bond donors (Lipinski definition) is 1. The Morgan fingerprint density at radius 1 is 1.07 bits per heavy atom. The third-order valence-corrected chi connectivity index (χ3v) is 10.3. The first kappa shape index (κ1) is 22.4. The minimum atomic E-state index is -0.113. The SMILES string of the molecule is CC=C(CC[C@@H](C)[C@H]1CC[C@H]2C3=CC=C4CC(O)CC[C@]4(C)[C@H]3CC[C@]12C)C(C)C. The van der Waals surface area contributed by atoms with Crippen molar-refractivity contribution in [3.05, 3.63) is 34.9 Å². The van der Waals surface area contributed by atoms with Crippen LogP contribution in [0.3, 0.4) is 0 Å². The van der Waals surface area contributed by atoms with Gasteiger partial charge in [-0.2, -0.15) is 0 Å². The molecule has 1 unspecified atom stereocenters. The van der Waals surface area contributed by atoms with Gasteiger partial charge in [-0.15, -0.1) is 0 Å². The van der Waals surface area contributed by atoms with Crippen LogP contribution in [-0.4, -0.2) is 11.2 Å². The zero-order chi connectivity index (χ0) is 21.7. The van der Waals surface area contributed by atoms with Crippen LogP contribution in [0, 0.1) is 40.4 Å². The first-order chi connectivity index (χ1) is 14.2. The molecule has 3 fully saturated rings. The second-order valence-corrected chi connectivity index (χ2v) is 12.0. The maximum absolute atomic E-state index is 10.2. The van der Waals surface area contributed by atoms with Crippen molar-refractivity contribution >= 4 is 0 Å². The van der Waals surface area contributed by atoms with Crippen molar-refractivity contribution in [2.24, 2.45) is 40.4 Å². The number of aliphatic hydroxyl groups excluding tert-OH is 1. The Bertz CT molecular complexity index is 739. The molecular weight excluding hydrogens is 364 g/mol. The Morgan fingerprint density at radius 3 is 2.53 bits per heavy atom. The number of rotatable bonds is 5. The molecule has 1 heteroatoms. The molecule has 168 valence electrons. The molecule has 1 N–H and O–H groups in total. The molecule has 4 rings (SSSR count). The van der Waals surface area contributed by atoms with E-state index in [1.165, 1.54) is 50.5 Å². The van der Waals surface area contributed by atoms with E-state index in [-0.39, 0.29) is 6.10 Å². The lowest BCUT2D eigenvalue weighted by molar-refractivity contribution is 0.0326. The third-order valence-electron chi connectivity index (χ3n) is 10.3.